The number of ether oxygens (including phenoxy) is 2. The van der Waals surface area contributed by atoms with Crippen LogP contribution in [0.1, 0.15) is 24.2 Å². The van der Waals surface area contributed by atoms with Crippen molar-refractivity contribution in [3.8, 4) is 5.75 Å². The van der Waals surface area contributed by atoms with E-state index in [1.165, 1.54) is 19.2 Å². The average molecular weight is 310 g/mol. The average Bonchev–Trinajstić information content (AvgIpc) is 2.49. The fraction of sp³-hybridized carbons (Fsp3) is 0.429. The van der Waals surface area contributed by atoms with Crippen molar-refractivity contribution in [3.63, 3.8) is 0 Å². The fourth-order valence-corrected chi connectivity index (χ4v) is 1.55. The lowest BCUT2D eigenvalue weighted by molar-refractivity contribution is -0.384. The van der Waals surface area contributed by atoms with E-state index in [1.807, 2.05) is 13.8 Å². The third kappa shape index (κ3) is 5.04. The van der Waals surface area contributed by atoms with E-state index in [1.54, 1.807) is 0 Å². The van der Waals surface area contributed by atoms with Gasteiger partial charge in [0.05, 0.1) is 12.0 Å². The second-order valence-electron chi connectivity index (χ2n) is 4.92. The minimum atomic E-state index is -0.861. The van der Waals surface area contributed by atoms with E-state index in [2.05, 4.69) is 5.32 Å². The number of amides is 1. The number of nitro groups is 1. The summed E-state index contributed by atoms with van der Waals surface area (Å²) in [5, 5.41) is 13.3. The molecule has 0 aliphatic heterocycles. The van der Waals surface area contributed by atoms with Crippen molar-refractivity contribution in [2.24, 2.45) is 5.92 Å². The van der Waals surface area contributed by atoms with Gasteiger partial charge >= 0.3 is 5.97 Å². The van der Waals surface area contributed by atoms with Crippen LogP contribution >= 0.6 is 0 Å². The van der Waals surface area contributed by atoms with Gasteiger partial charge in [-0.15, -0.1) is 0 Å². The Morgan fingerprint density at radius 1 is 1.36 bits per heavy atom. The number of rotatable bonds is 7. The Morgan fingerprint density at radius 3 is 2.59 bits per heavy atom. The first kappa shape index (κ1) is 17.4. The summed E-state index contributed by atoms with van der Waals surface area (Å²) in [4.78, 5) is 33.5. The van der Waals surface area contributed by atoms with Gasteiger partial charge in [-0.2, -0.15) is 0 Å². The maximum absolute atomic E-state index is 11.9. The molecule has 0 aliphatic carbocycles. The summed E-state index contributed by atoms with van der Waals surface area (Å²) < 4.78 is 9.81. The van der Waals surface area contributed by atoms with Gasteiger partial charge in [0.25, 0.3) is 11.6 Å². The zero-order chi connectivity index (χ0) is 16.7. The molecule has 8 nitrogen and oxygen atoms in total. The highest BCUT2D eigenvalue weighted by molar-refractivity contribution is 5.94. The van der Waals surface area contributed by atoms with Crippen molar-refractivity contribution >= 4 is 17.6 Å². The summed E-state index contributed by atoms with van der Waals surface area (Å²) in [6.07, 6.45) is 0. The number of nitrogens with one attached hydrogen (secondary N) is 1. The first-order valence-corrected chi connectivity index (χ1v) is 6.61. The molecule has 0 unspecified atom stereocenters. The van der Waals surface area contributed by atoms with Gasteiger partial charge in [0.15, 0.2) is 6.61 Å². The molecule has 1 N–H and O–H groups in total. The highest BCUT2D eigenvalue weighted by atomic mass is 16.6. The number of methoxy groups -OCH3 is 1. The number of esters is 1. The Balaban J connectivity index is 2.74. The normalized spacial score (nSPS) is 10.2. The summed E-state index contributed by atoms with van der Waals surface area (Å²) in [5.41, 5.74) is -0.370. The van der Waals surface area contributed by atoms with E-state index in [0.717, 1.165) is 6.07 Å². The van der Waals surface area contributed by atoms with Crippen LogP contribution in [0, 0.1) is 16.0 Å². The molecule has 0 aromatic heterocycles. The number of nitro benzene ring substituents is 1. The van der Waals surface area contributed by atoms with Crippen molar-refractivity contribution in [1.29, 1.82) is 0 Å². The van der Waals surface area contributed by atoms with E-state index in [4.69, 9.17) is 9.47 Å². The van der Waals surface area contributed by atoms with Gasteiger partial charge < -0.3 is 14.8 Å². The maximum Gasteiger partial charge on any atom is 0.342 e. The highest BCUT2D eigenvalue weighted by Gasteiger charge is 2.19. The molecule has 0 fully saturated rings. The number of hydrogen-bond acceptors (Lipinski definition) is 6. The van der Waals surface area contributed by atoms with Gasteiger partial charge in [-0.1, -0.05) is 13.8 Å². The number of nitrogens with zero attached hydrogens (tertiary/aromatic N) is 1. The van der Waals surface area contributed by atoms with Crippen molar-refractivity contribution in [3.05, 3.63) is 33.9 Å². The second-order valence-corrected chi connectivity index (χ2v) is 4.92. The van der Waals surface area contributed by atoms with Gasteiger partial charge in [-0.05, 0) is 12.0 Å². The van der Waals surface area contributed by atoms with Gasteiger partial charge in [0.1, 0.15) is 11.3 Å². The van der Waals surface area contributed by atoms with E-state index in [9.17, 15) is 19.7 Å². The molecule has 0 saturated heterocycles. The summed E-state index contributed by atoms with van der Waals surface area (Å²) >= 11 is 0. The Bertz CT molecular complexity index is 570. The van der Waals surface area contributed by atoms with Crippen LogP contribution in [-0.4, -0.2) is 37.1 Å². The van der Waals surface area contributed by atoms with Crippen LogP contribution in [0.2, 0.25) is 0 Å². The van der Waals surface area contributed by atoms with E-state index >= 15 is 0 Å². The highest BCUT2D eigenvalue weighted by Crippen LogP contribution is 2.24. The molecule has 0 spiro atoms. The molecule has 22 heavy (non-hydrogen) atoms. The Kier molecular flexibility index (Phi) is 6.30. The number of carbonyl (C=O) groups is 2. The van der Waals surface area contributed by atoms with Crippen molar-refractivity contribution in [2.45, 2.75) is 13.8 Å². The Morgan fingerprint density at radius 2 is 2.05 bits per heavy atom. The van der Waals surface area contributed by atoms with E-state index < -0.39 is 23.4 Å². The van der Waals surface area contributed by atoms with Gasteiger partial charge in [-0.25, -0.2) is 4.79 Å². The maximum atomic E-state index is 11.9. The minimum absolute atomic E-state index is 0.103. The molecule has 0 aliphatic rings. The molecule has 8 heteroatoms. The zero-order valence-corrected chi connectivity index (χ0v) is 12.6. The summed E-state index contributed by atoms with van der Waals surface area (Å²) in [6.45, 7) is 3.87. The summed E-state index contributed by atoms with van der Waals surface area (Å²) in [7, 11) is 1.33. The molecule has 1 aromatic rings. The van der Waals surface area contributed by atoms with E-state index in [0.29, 0.717) is 6.54 Å². The SMILES string of the molecule is COc1ccc([N+](=O)[O-])cc1C(=O)OCC(=O)NCC(C)C. The first-order valence-electron chi connectivity index (χ1n) is 6.61. The van der Waals surface area contributed by atoms with Crippen LogP contribution in [0.3, 0.4) is 0 Å². The van der Waals surface area contributed by atoms with Crippen molar-refractivity contribution < 1.29 is 24.0 Å². The number of non-ortho nitro benzene ring substituents is 1. The topological polar surface area (TPSA) is 108 Å². The van der Waals surface area contributed by atoms with Crippen LogP contribution in [0.25, 0.3) is 0 Å². The van der Waals surface area contributed by atoms with Gasteiger partial charge in [-0.3, -0.25) is 14.9 Å². The zero-order valence-electron chi connectivity index (χ0n) is 12.6. The molecule has 1 amide bonds. The molecule has 120 valence electrons. The molecule has 0 atom stereocenters. The number of benzene rings is 1. The number of hydrogen-bond donors (Lipinski definition) is 1. The molecule has 0 saturated carbocycles. The number of carbonyl (C=O) groups excluding carboxylic acids is 2. The molecular weight excluding hydrogens is 292 g/mol. The van der Waals surface area contributed by atoms with Gasteiger partial charge in [0, 0.05) is 18.7 Å². The van der Waals surface area contributed by atoms with Crippen molar-refractivity contribution in [2.75, 3.05) is 20.3 Å². The Hall–Kier alpha value is -2.64. The van der Waals surface area contributed by atoms with Gasteiger partial charge in [0.2, 0.25) is 0 Å². The van der Waals surface area contributed by atoms with Crippen molar-refractivity contribution in [1.82, 2.24) is 5.32 Å². The first-order chi connectivity index (χ1) is 10.3. The van der Waals surface area contributed by atoms with Crippen LogP contribution in [0.15, 0.2) is 18.2 Å². The molecule has 0 radical (unpaired) electrons. The monoisotopic (exact) mass is 310 g/mol. The quantitative estimate of drug-likeness (QED) is 0.465. The smallest absolute Gasteiger partial charge is 0.342 e. The largest absolute Gasteiger partial charge is 0.496 e. The van der Waals surface area contributed by atoms with Crippen LogP contribution < -0.4 is 10.1 Å². The molecule has 0 bridgehead atoms. The lowest BCUT2D eigenvalue weighted by Gasteiger charge is -2.10. The summed E-state index contributed by atoms with van der Waals surface area (Å²) in [5.74, 6) is -0.888. The Labute approximate surface area is 127 Å². The minimum Gasteiger partial charge on any atom is -0.496 e. The molecular formula is C14H18N2O6. The lowest BCUT2D eigenvalue weighted by Crippen LogP contribution is -2.31. The molecule has 0 heterocycles. The second kappa shape index (κ2) is 7.96. The predicted octanol–water partition coefficient (Wildman–Crippen LogP) is 1.53. The van der Waals surface area contributed by atoms with Crippen LogP contribution in [0.4, 0.5) is 5.69 Å². The third-order valence-corrected chi connectivity index (χ3v) is 2.66. The third-order valence-electron chi connectivity index (χ3n) is 2.66. The molecule has 1 rings (SSSR count). The lowest BCUT2D eigenvalue weighted by atomic mass is 10.2. The molecule has 1 aromatic carbocycles. The van der Waals surface area contributed by atoms with Crippen LogP contribution in [-0.2, 0) is 9.53 Å². The predicted molar refractivity (Wildman–Crippen MR) is 77.8 cm³/mol. The standard InChI is InChI=1S/C14H18N2O6/c1-9(2)7-15-13(17)8-22-14(18)11-6-10(16(19)20)4-5-12(11)21-3/h4-6,9H,7-8H2,1-3H3,(H,15,17). The summed E-state index contributed by atoms with van der Waals surface area (Å²) in [6, 6.07) is 3.56. The van der Waals surface area contributed by atoms with E-state index in [-0.39, 0.29) is 22.9 Å². The fourth-order valence-electron chi connectivity index (χ4n) is 1.55. The van der Waals surface area contributed by atoms with Crippen LogP contribution in [0.5, 0.6) is 5.75 Å².